The molecule has 0 aromatic heterocycles. The minimum Gasteiger partial charge on any atom is -0.423 e. The number of nitro groups is 1. The molecule has 2 rings (SSSR count). The summed E-state index contributed by atoms with van der Waals surface area (Å²) in [6.45, 7) is 3.58. The molecule has 1 N–H and O–H groups in total. The number of rotatable bonds is 4. The van der Waals surface area contributed by atoms with Crippen molar-refractivity contribution in [3.63, 3.8) is 0 Å². The highest BCUT2D eigenvalue weighted by atomic mass is 16.6. The Morgan fingerprint density at radius 3 is 2.86 bits per heavy atom. The standard InChI is InChI=1S/C13H15N3O5/c1-8(2)14-12(17)6-15-7-13(18)21-11-5-9(16(19)20)3-4-10(11)15/h3-5,8H,6-7H2,1-2H3,(H,14,17). The van der Waals surface area contributed by atoms with Crippen LogP contribution in [0.15, 0.2) is 18.2 Å². The first-order valence-electron chi connectivity index (χ1n) is 6.40. The first-order valence-corrected chi connectivity index (χ1v) is 6.40. The van der Waals surface area contributed by atoms with E-state index in [0.717, 1.165) is 0 Å². The molecule has 1 aliphatic heterocycles. The van der Waals surface area contributed by atoms with Gasteiger partial charge in [0.25, 0.3) is 5.69 Å². The third-order valence-corrected chi connectivity index (χ3v) is 2.82. The minimum atomic E-state index is -0.571. The summed E-state index contributed by atoms with van der Waals surface area (Å²) >= 11 is 0. The molecule has 0 unspecified atom stereocenters. The van der Waals surface area contributed by atoms with Crippen molar-refractivity contribution < 1.29 is 19.2 Å². The molecule has 1 aromatic rings. The summed E-state index contributed by atoms with van der Waals surface area (Å²) in [5.74, 6) is -0.692. The van der Waals surface area contributed by atoms with E-state index in [4.69, 9.17) is 4.74 Å². The van der Waals surface area contributed by atoms with E-state index in [9.17, 15) is 19.7 Å². The van der Waals surface area contributed by atoms with Crippen LogP contribution < -0.4 is 15.0 Å². The van der Waals surface area contributed by atoms with Crippen molar-refractivity contribution in [1.82, 2.24) is 5.32 Å². The Morgan fingerprint density at radius 1 is 1.52 bits per heavy atom. The van der Waals surface area contributed by atoms with Crippen LogP contribution in [0, 0.1) is 10.1 Å². The quantitative estimate of drug-likeness (QED) is 0.382. The summed E-state index contributed by atoms with van der Waals surface area (Å²) in [7, 11) is 0. The molecule has 112 valence electrons. The molecule has 0 aliphatic carbocycles. The van der Waals surface area contributed by atoms with Crippen LogP contribution in [0.25, 0.3) is 0 Å². The third kappa shape index (κ3) is 3.47. The zero-order valence-corrected chi connectivity index (χ0v) is 11.7. The predicted molar refractivity (Wildman–Crippen MR) is 74.2 cm³/mol. The molecule has 0 saturated carbocycles. The molecule has 0 radical (unpaired) electrons. The average molecular weight is 293 g/mol. The van der Waals surface area contributed by atoms with E-state index in [1.165, 1.54) is 23.1 Å². The summed E-state index contributed by atoms with van der Waals surface area (Å²) in [5, 5.41) is 13.5. The van der Waals surface area contributed by atoms with Crippen molar-refractivity contribution in [2.75, 3.05) is 18.0 Å². The Kier molecular flexibility index (Phi) is 4.06. The molecular weight excluding hydrogens is 278 g/mol. The number of nitrogens with one attached hydrogen (secondary N) is 1. The lowest BCUT2D eigenvalue weighted by Crippen LogP contribution is -2.44. The fourth-order valence-corrected chi connectivity index (χ4v) is 2.04. The maximum absolute atomic E-state index is 11.8. The molecule has 0 bridgehead atoms. The highest BCUT2D eigenvalue weighted by molar-refractivity contribution is 5.89. The van der Waals surface area contributed by atoms with Gasteiger partial charge < -0.3 is 15.0 Å². The van der Waals surface area contributed by atoms with E-state index < -0.39 is 10.9 Å². The van der Waals surface area contributed by atoms with Crippen LogP contribution in [0.4, 0.5) is 11.4 Å². The zero-order chi connectivity index (χ0) is 15.6. The summed E-state index contributed by atoms with van der Waals surface area (Å²) < 4.78 is 5.00. The molecule has 0 saturated heterocycles. The van der Waals surface area contributed by atoms with Gasteiger partial charge in [-0.25, -0.2) is 4.79 Å². The van der Waals surface area contributed by atoms with Crippen LogP contribution in [0.3, 0.4) is 0 Å². The fraction of sp³-hybridized carbons (Fsp3) is 0.385. The van der Waals surface area contributed by atoms with E-state index >= 15 is 0 Å². The van der Waals surface area contributed by atoms with Gasteiger partial charge in [-0.05, 0) is 19.9 Å². The Labute approximate surface area is 120 Å². The van der Waals surface area contributed by atoms with Gasteiger partial charge in [0.2, 0.25) is 5.91 Å². The lowest BCUT2D eigenvalue weighted by molar-refractivity contribution is -0.384. The van der Waals surface area contributed by atoms with Crippen molar-refractivity contribution in [3.8, 4) is 5.75 Å². The number of non-ortho nitro benzene ring substituents is 1. The van der Waals surface area contributed by atoms with Crippen molar-refractivity contribution >= 4 is 23.3 Å². The predicted octanol–water partition coefficient (Wildman–Crippen LogP) is 0.845. The Hall–Kier alpha value is -2.64. The molecule has 1 amide bonds. The number of hydrogen-bond acceptors (Lipinski definition) is 6. The van der Waals surface area contributed by atoms with Gasteiger partial charge in [-0.15, -0.1) is 0 Å². The van der Waals surface area contributed by atoms with E-state index in [-0.39, 0.29) is 36.5 Å². The monoisotopic (exact) mass is 293 g/mol. The van der Waals surface area contributed by atoms with E-state index in [1.54, 1.807) is 0 Å². The van der Waals surface area contributed by atoms with Gasteiger partial charge in [0.05, 0.1) is 23.2 Å². The molecule has 1 heterocycles. The van der Waals surface area contributed by atoms with Gasteiger partial charge in [-0.1, -0.05) is 0 Å². The number of nitro benzene ring substituents is 1. The number of benzene rings is 1. The van der Waals surface area contributed by atoms with Gasteiger partial charge >= 0.3 is 5.97 Å². The van der Waals surface area contributed by atoms with Crippen LogP contribution in [-0.4, -0.2) is 35.9 Å². The first-order chi connectivity index (χ1) is 9.86. The van der Waals surface area contributed by atoms with Crippen LogP contribution >= 0.6 is 0 Å². The van der Waals surface area contributed by atoms with E-state index in [1.807, 2.05) is 13.8 Å². The van der Waals surface area contributed by atoms with Crippen molar-refractivity contribution in [1.29, 1.82) is 0 Å². The highest BCUT2D eigenvalue weighted by Crippen LogP contribution is 2.34. The first kappa shape index (κ1) is 14.8. The maximum atomic E-state index is 11.8. The topological polar surface area (TPSA) is 102 Å². The zero-order valence-electron chi connectivity index (χ0n) is 11.7. The fourth-order valence-electron chi connectivity index (χ4n) is 2.04. The average Bonchev–Trinajstić information content (AvgIpc) is 2.36. The van der Waals surface area contributed by atoms with Crippen molar-refractivity contribution in [3.05, 3.63) is 28.3 Å². The molecule has 0 atom stereocenters. The Balaban J connectivity index is 2.24. The highest BCUT2D eigenvalue weighted by Gasteiger charge is 2.27. The van der Waals surface area contributed by atoms with E-state index in [2.05, 4.69) is 5.32 Å². The second-order valence-corrected chi connectivity index (χ2v) is 4.96. The number of ether oxygens (including phenoxy) is 1. The van der Waals surface area contributed by atoms with Crippen molar-refractivity contribution in [2.45, 2.75) is 19.9 Å². The summed E-state index contributed by atoms with van der Waals surface area (Å²) in [5.41, 5.74) is 0.314. The smallest absolute Gasteiger partial charge is 0.331 e. The van der Waals surface area contributed by atoms with Crippen LogP contribution in [0.2, 0.25) is 0 Å². The third-order valence-electron chi connectivity index (χ3n) is 2.82. The Bertz CT molecular complexity index is 599. The van der Waals surface area contributed by atoms with E-state index in [0.29, 0.717) is 5.69 Å². The number of hydrogen-bond donors (Lipinski definition) is 1. The number of nitrogens with zero attached hydrogens (tertiary/aromatic N) is 2. The maximum Gasteiger partial charge on any atom is 0.331 e. The molecule has 0 spiro atoms. The normalized spacial score (nSPS) is 13.7. The van der Waals surface area contributed by atoms with Crippen molar-refractivity contribution in [2.24, 2.45) is 0 Å². The Morgan fingerprint density at radius 2 is 2.24 bits per heavy atom. The lowest BCUT2D eigenvalue weighted by atomic mass is 10.2. The lowest BCUT2D eigenvalue weighted by Gasteiger charge is -2.29. The summed E-state index contributed by atoms with van der Waals surface area (Å²) in [4.78, 5) is 35.1. The number of fused-ring (bicyclic) bond motifs is 1. The molecule has 21 heavy (non-hydrogen) atoms. The molecule has 8 nitrogen and oxygen atoms in total. The molecule has 1 aromatic carbocycles. The van der Waals surface area contributed by atoms with Gasteiger partial charge in [0, 0.05) is 12.1 Å². The van der Waals surface area contributed by atoms with Crippen LogP contribution in [-0.2, 0) is 9.59 Å². The molecule has 0 fully saturated rings. The summed E-state index contributed by atoms with van der Waals surface area (Å²) in [6.07, 6.45) is 0. The number of amides is 1. The van der Waals surface area contributed by atoms with Gasteiger partial charge in [-0.2, -0.15) is 0 Å². The number of carbonyl (C=O) groups excluding carboxylic acids is 2. The SMILES string of the molecule is CC(C)NC(=O)CN1CC(=O)Oc2cc([N+](=O)[O-])ccc21. The number of esters is 1. The summed E-state index contributed by atoms with van der Waals surface area (Å²) in [6, 6.07) is 3.96. The molecular formula is C13H15N3O5. The number of carbonyl (C=O) groups is 2. The van der Waals surface area contributed by atoms with Gasteiger partial charge in [0.15, 0.2) is 5.75 Å². The molecule has 1 aliphatic rings. The van der Waals surface area contributed by atoms with Crippen LogP contribution in [0.1, 0.15) is 13.8 Å². The minimum absolute atomic E-state index is 0.00873. The van der Waals surface area contributed by atoms with Gasteiger partial charge in [0.1, 0.15) is 6.54 Å². The number of anilines is 1. The molecule has 8 heteroatoms. The van der Waals surface area contributed by atoms with Crippen LogP contribution in [0.5, 0.6) is 5.75 Å². The second-order valence-electron chi connectivity index (χ2n) is 4.96. The largest absolute Gasteiger partial charge is 0.423 e. The second kappa shape index (κ2) is 5.78. The van der Waals surface area contributed by atoms with Gasteiger partial charge in [-0.3, -0.25) is 14.9 Å².